The Morgan fingerprint density at radius 2 is 1.27 bits per heavy atom. The van der Waals surface area contributed by atoms with Crippen LogP contribution in [0.4, 0.5) is 0 Å². The first-order valence-electron chi connectivity index (χ1n) is 13.4. The number of nitrogens with one attached hydrogen (secondary N) is 3. The third kappa shape index (κ3) is 10.7. The number of amides is 3. The van der Waals surface area contributed by atoms with Gasteiger partial charge in [0.25, 0.3) is 0 Å². The van der Waals surface area contributed by atoms with E-state index in [1.54, 1.807) is 26.0 Å². The zero-order chi connectivity index (χ0) is 29.7. The molecule has 0 radical (unpaired) electrons. The van der Waals surface area contributed by atoms with Crippen LogP contribution in [-0.2, 0) is 32.0 Å². The molecular formula is C29H41N5O6. The second-order valence-corrected chi connectivity index (χ2v) is 10.1. The fourth-order valence-corrected chi connectivity index (χ4v) is 4.00. The Balaban J connectivity index is 2.22. The molecule has 4 atom stereocenters. The van der Waals surface area contributed by atoms with Crippen LogP contribution in [0.3, 0.4) is 0 Å². The highest BCUT2D eigenvalue weighted by Crippen LogP contribution is 2.12. The normalized spacial score (nSPS) is 14.0. The van der Waals surface area contributed by atoms with Crippen molar-refractivity contribution in [3.8, 4) is 5.75 Å². The number of rotatable bonds is 16. The van der Waals surface area contributed by atoms with E-state index in [0.717, 1.165) is 5.56 Å². The minimum absolute atomic E-state index is 0.0232. The standard InChI is InChI=1S/C29H41N5O6/c1-18(2)25(31)28(38)33-23(16-19-8-4-3-5-9-19)27(37)32-22(10-6-7-15-30)26(36)34-24(29(39)40)17-20-11-13-21(35)14-12-20/h3-5,8-9,11-14,18,22-25,35H,6-7,10,15-17,30-31H2,1-2H3,(H,32,37)(H,33,38)(H,34,36)(H,39,40). The molecule has 0 spiro atoms. The number of unbranched alkanes of at least 4 members (excludes halogenated alkanes) is 1. The van der Waals surface area contributed by atoms with Crippen molar-refractivity contribution in [3.05, 3.63) is 65.7 Å². The van der Waals surface area contributed by atoms with Crippen LogP contribution >= 0.6 is 0 Å². The van der Waals surface area contributed by atoms with Gasteiger partial charge in [0, 0.05) is 12.8 Å². The van der Waals surface area contributed by atoms with Gasteiger partial charge in [-0.25, -0.2) is 4.79 Å². The molecule has 0 aliphatic carbocycles. The number of hydrogen-bond acceptors (Lipinski definition) is 7. The minimum Gasteiger partial charge on any atom is -0.508 e. The molecule has 11 heteroatoms. The number of carbonyl (C=O) groups is 4. The molecule has 0 saturated heterocycles. The Kier molecular flexibility index (Phi) is 13.1. The van der Waals surface area contributed by atoms with E-state index in [-0.39, 0.29) is 30.9 Å². The van der Waals surface area contributed by atoms with Gasteiger partial charge in [-0.15, -0.1) is 0 Å². The average Bonchev–Trinajstić information content (AvgIpc) is 2.92. The van der Waals surface area contributed by atoms with Crippen LogP contribution in [0.2, 0.25) is 0 Å². The average molecular weight is 556 g/mol. The molecule has 218 valence electrons. The van der Waals surface area contributed by atoms with Gasteiger partial charge >= 0.3 is 5.97 Å². The summed E-state index contributed by atoms with van der Waals surface area (Å²) in [5, 5.41) is 27.2. The maximum absolute atomic E-state index is 13.5. The number of nitrogens with two attached hydrogens (primary N) is 2. The summed E-state index contributed by atoms with van der Waals surface area (Å²) < 4.78 is 0. The Labute approximate surface area is 234 Å². The van der Waals surface area contributed by atoms with Crippen LogP contribution in [0.25, 0.3) is 0 Å². The smallest absolute Gasteiger partial charge is 0.326 e. The number of benzene rings is 2. The van der Waals surface area contributed by atoms with Crippen molar-refractivity contribution in [3.63, 3.8) is 0 Å². The molecule has 2 rings (SSSR count). The van der Waals surface area contributed by atoms with E-state index < -0.39 is 47.9 Å². The lowest BCUT2D eigenvalue weighted by Gasteiger charge is -2.26. The minimum atomic E-state index is -1.27. The van der Waals surface area contributed by atoms with E-state index in [9.17, 15) is 29.4 Å². The number of aliphatic carboxylic acids is 1. The fraction of sp³-hybridized carbons (Fsp3) is 0.448. The summed E-state index contributed by atoms with van der Waals surface area (Å²) in [5.41, 5.74) is 13.0. The third-order valence-electron chi connectivity index (χ3n) is 6.51. The summed E-state index contributed by atoms with van der Waals surface area (Å²) >= 11 is 0. The Morgan fingerprint density at radius 1 is 0.750 bits per heavy atom. The van der Waals surface area contributed by atoms with E-state index >= 15 is 0 Å². The van der Waals surface area contributed by atoms with Crippen LogP contribution < -0.4 is 27.4 Å². The van der Waals surface area contributed by atoms with Gasteiger partial charge in [0.05, 0.1) is 6.04 Å². The SMILES string of the molecule is CC(C)C(N)C(=O)NC(Cc1ccccc1)C(=O)NC(CCCCN)C(=O)NC(Cc1ccc(O)cc1)C(=O)O. The van der Waals surface area contributed by atoms with E-state index in [4.69, 9.17) is 11.5 Å². The number of phenolic OH excluding ortho intramolecular Hbond substituents is 1. The van der Waals surface area contributed by atoms with Crippen LogP contribution in [0, 0.1) is 5.92 Å². The Bertz CT molecular complexity index is 1110. The molecule has 0 aromatic heterocycles. The van der Waals surface area contributed by atoms with Gasteiger partial charge in [-0.05, 0) is 55.0 Å². The largest absolute Gasteiger partial charge is 0.508 e. The maximum atomic E-state index is 13.5. The summed E-state index contributed by atoms with van der Waals surface area (Å²) in [6.45, 7) is 3.98. The number of carboxylic acid groups (broad SMARTS) is 1. The highest BCUT2D eigenvalue weighted by Gasteiger charge is 2.31. The summed E-state index contributed by atoms with van der Waals surface area (Å²) in [4.78, 5) is 51.4. The molecule has 11 nitrogen and oxygen atoms in total. The highest BCUT2D eigenvalue weighted by molar-refractivity contribution is 5.94. The molecule has 2 aromatic rings. The summed E-state index contributed by atoms with van der Waals surface area (Å²) in [5.74, 6) is -3.11. The Morgan fingerprint density at radius 3 is 1.85 bits per heavy atom. The molecule has 0 aliphatic heterocycles. The number of hydrogen-bond donors (Lipinski definition) is 7. The zero-order valence-electron chi connectivity index (χ0n) is 23.0. The molecule has 9 N–H and O–H groups in total. The van der Waals surface area contributed by atoms with Crippen molar-refractivity contribution in [2.45, 2.75) is 70.1 Å². The second-order valence-electron chi connectivity index (χ2n) is 10.1. The zero-order valence-corrected chi connectivity index (χ0v) is 23.0. The first-order chi connectivity index (χ1) is 19.0. The van der Waals surface area contributed by atoms with Crippen molar-refractivity contribution in [1.82, 2.24) is 16.0 Å². The monoisotopic (exact) mass is 555 g/mol. The quantitative estimate of drug-likeness (QED) is 0.148. The topological polar surface area (TPSA) is 197 Å². The number of carboxylic acids is 1. The molecule has 3 amide bonds. The van der Waals surface area contributed by atoms with Crippen molar-refractivity contribution in [1.29, 1.82) is 0 Å². The molecule has 40 heavy (non-hydrogen) atoms. The molecule has 4 unspecified atom stereocenters. The van der Waals surface area contributed by atoms with Gasteiger partial charge in [0.15, 0.2) is 0 Å². The molecule has 0 fully saturated rings. The van der Waals surface area contributed by atoms with Crippen molar-refractivity contribution < 1.29 is 29.4 Å². The van der Waals surface area contributed by atoms with Crippen LogP contribution in [-0.4, -0.2) is 64.6 Å². The molecule has 0 saturated carbocycles. The summed E-state index contributed by atoms with van der Waals surface area (Å²) in [7, 11) is 0. The van der Waals surface area contributed by atoms with Gasteiger partial charge in [0.1, 0.15) is 23.9 Å². The lowest BCUT2D eigenvalue weighted by molar-refractivity contribution is -0.142. The molecular weight excluding hydrogens is 514 g/mol. The van der Waals surface area contributed by atoms with Gasteiger partial charge < -0.3 is 37.6 Å². The van der Waals surface area contributed by atoms with E-state index in [1.807, 2.05) is 30.3 Å². The second kappa shape index (κ2) is 16.2. The van der Waals surface area contributed by atoms with Crippen molar-refractivity contribution in [2.24, 2.45) is 17.4 Å². The van der Waals surface area contributed by atoms with Gasteiger partial charge in [-0.3, -0.25) is 14.4 Å². The summed E-state index contributed by atoms with van der Waals surface area (Å²) in [6, 6.07) is 10.9. The lowest BCUT2D eigenvalue weighted by atomic mass is 10.0. The first-order valence-corrected chi connectivity index (χ1v) is 13.4. The van der Waals surface area contributed by atoms with Crippen LogP contribution in [0.1, 0.15) is 44.2 Å². The molecule has 0 heterocycles. The molecule has 0 aliphatic rings. The van der Waals surface area contributed by atoms with E-state index in [0.29, 0.717) is 24.9 Å². The van der Waals surface area contributed by atoms with Crippen LogP contribution in [0.15, 0.2) is 54.6 Å². The van der Waals surface area contributed by atoms with Crippen molar-refractivity contribution in [2.75, 3.05) is 6.54 Å². The van der Waals surface area contributed by atoms with E-state index in [1.165, 1.54) is 12.1 Å². The van der Waals surface area contributed by atoms with Crippen molar-refractivity contribution >= 4 is 23.7 Å². The fourth-order valence-electron chi connectivity index (χ4n) is 4.00. The van der Waals surface area contributed by atoms with Crippen LogP contribution in [0.5, 0.6) is 5.75 Å². The third-order valence-corrected chi connectivity index (χ3v) is 6.51. The molecule has 2 aromatic carbocycles. The predicted octanol–water partition coefficient (Wildman–Crippen LogP) is 0.829. The number of phenols is 1. The number of aromatic hydroxyl groups is 1. The molecule has 0 bridgehead atoms. The van der Waals surface area contributed by atoms with Gasteiger partial charge in [-0.2, -0.15) is 0 Å². The highest BCUT2D eigenvalue weighted by atomic mass is 16.4. The van der Waals surface area contributed by atoms with Gasteiger partial charge in [-0.1, -0.05) is 56.3 Å². The predicted molar refractivity (Wildman–Crippen MR) is 151 cm³/mol. The number of carbonyl (C=O) groups excluding carboxylic acids is 3. The summed E-state index contributed by atoms with van der Waals surface area (Å²) in [6.07, 6.45) is 1.48. The lowest BCUT2D eigenvalue weighted by Crippen LogP contribution is -2.58. The van der Waals surface area contributed by atoms with Gasteiger partial charge in [0.2, 0.25) is 17.7 Å². The maximum Gasteiger partial charge on any atom is 0.326 e. The van der Waals surface area contributed by atoms with E-state index in [2.05, 4.69) is 16.0 Å². The first kappa shape index (κ1) is 32.3. The Hall–Kier alpha value is -3.96.